The van der Waals surface area contributed by atoms with E-state index in [1.807, 2.05) is 40.7 Å². The molecular weight excluding hydrogens is 240 g/mol. The maximum atomic E-state index is 11.1. The smallest absolute Gasteiger partial charge is 0.308 e. The molecule has 0 saturated carbocycles. The first-order chi connectivity index (χ1) is 8.68. The largest absolute Gasteiger partial charge is 0.475 e. The van der Waals surface area contributed by atoms with Gasteiger partial charge in [-0.3, -0.25) is 4.79 Å². The van der Waals surface area contributed by atoms with Crippen molar-refractivity contribution in [2.45, 2.75) is 47.1 Å². The number of benzene rings is 1. The van der Waals surface area contributed by atoms with Crippen molar-refractivity contribution in [1.82, 2.24) is 0 Å². The van der Waals surface area contributed by atoms with Crippen molar-refractivity contribution in [2.24, 2.45) is 0 Å². The molecule has 3 heteroatoms. The summed E-state index contributed by atoms with van der Waals surface area (Å²) >= 11 is 0. The Balaban J connectivity index is 3.26. The van der Waals surface area contributed by atoms with E-state index in [1.54, 1.807) is 0 Å². The minimum Gasteiger partial charge on any atom is -0.475 e. The number of esters is 1. The molecule has 0 unspecified atom stereocenters. The van der Waals surface area contributed by atoms with Gasteiger partial charge in [-0.05, 0) is 57.4 Å². The molecule has 1 aromatic rings. The fraction of sp³-hybridized carbons (Fsp3) is 0.438. The van der Waals surface area contributed by atoms with Gasteiger partial charge in [0, 0.05) is 6.92 Å². The summed E-state index contributed by atoms with van der Waals surface area (Å²) in [6, 6.07) is 1.85. The van der Waals surface area contributed by atoms with Crippen LogP contribution in [0.3, 0.4) is 0 Å². The molecule has 1 rings (SSSR count). The summed E-state index contributed by atoms with van der Waals surface area (Å²) in [4.78, 5) is 11.1. The zero-order chi connectivity index (χ0) is 14.8. The minimum absolute atomic E-state index is 0.330. The van der Waals surface area contributed by atoms with E-state index < -0.39 is 5.60 Å². The Labute approximate surface area is 114 Å². The average molecular weight is 260 g/mol. The monoisotopic (exact) mass is 260 g/mol. The van der Waals surface area contributed by atoms with Crippen LogP contribution in [0.15, 0.2) is 6.07 Å². The highest BCUT2D eigenvalue weighted by molar-refractivity contribution is 5.71. The molecule has 0 aliphatic carbocycles. The number of terminal acetylenes is 1. The second-order valence-electron chi connectivity index (χ2n) is 5.12. The number of aryl methyl sites for hydroxylation is 1. The van der Waals surface area contributed by atoms with Crippen LogP contribution in [0.4, 0.5) is 0 Å². The van der Waals surface area contributed by atoms with E-state index in [4.69, 9.17) is 15.9 Å². The maximum Gasteiger partial charge on any atom is 0.308 e. The van der Waals surface area contributed by atoms with Crippen LogP contribution in [-0.4, -0.2) is 11.6 Å². The SMILES string of the molecule is C#CC(C)(C)Oc1cc(C)c(OC(C)=O)c(C)c1C. The third-order valence-electron chi connectivity index (χ3n) is 2.94. The molecule has 0 radical (unpaired) electrons. The standard InChI is InChI=1S/C16H20O3/c1-8-16(6,7)19-14-9-10(2)15(18-13(5)17)12(4)11(14)3/h1,9H,2-7H3. The van der Waals surface area contributed by atoms with Gasteiger partial charge in [0.15, 0.2) is 5.60 Å². The summed E-state index contributed by atoms with van der Waals surface area (Å²) in [5.74, 6) is 3.57. The first-order valence-corrected chi connectivity index (χ1v) is 6.14. The van der Waals surface area contributed by atoms with E-state index in [2.05, 4.69) is 5.92 Å². The van der Waals surface area contributed by atoms with Gasteiger partial charge in [-0.1, -0.05) is 5.92 Å². The predicted octanol–water partition coefficient (Wildman–Crippen LogP) is 3.33. The van der Waals surface area contributed by atoms with Crippen molar-refractivity contribution in [3.8, 4) is 23.8 Å². The summed E-state index contributed by atoms with van der Waals surface area (Å²) < 4.78 is 11.1. The number of carbonyl (C=O) groups is 1. The van der Waals surface area contributed by atoms with Gasteiger partial charge in [-0.25, -0.2) is 0 Å². The van der Waals surface area contributed by atoms with E-state index in [9.17, 15) is 4.79 Å². The summed E-state index contributed by atoms with van der Waals surface area (Å²) in [6.45, 7) is 10.7. The second-order valence-corrected chi connectivity index (χ2v) is 5.12. The van der Waals surface area contributed by atoms with Crippen LogP contribution < -0.4 is 9.47 Å². The second kappa shape index (κ2) is 5.36. The number of ether oxygens (including phenoxy) is 2. The third kappa shape index (κ3) is 3.51. The molecule has 0 aliphatic heterocycles. The fourth-order valence-electron chi connectivity index (χ4n) is 1.73. The fourth-order valence-corrected chi connectivity index (χ4v) is 1.73. The van der Waals surface area contributed by atoms with E-state index in [0.717, 1.165) is 16.7 Å². The lowest BCUT2D eigenvalue weighted by atomic mass is 10.0. The number of rotatable bonds is 3. The Hall–Kier alpha value is -1.95. The van der Waals surface area contributed by atoms with Crippen molar-refractivity contribution in [1.29, 1.82) is 0 Å². The lowest BCUT2D eigenvalue weighted by molar-refractivity contribution is -0.131. The molecule has 0 N–H and O–H groups in total. The molecule has 0 heterocycles. The lowest BCUT2D eigenvalue weighted by Gasteiger charge is -2.24. The summed E-state index contributed by atoms with van der Waals surface area (Å²) in [7, 11) is 0. The van der Waals surface area contributed by atoms with Gasteiger partial charge in [0.05, 0.1) is 0 Å². The normalized spacial score (nSPS) is 10.8. The number of carbonyl (C=O) groups excluding carboxylic acids is 1. The molecule has 0 atom stereocenters. The Kier molecular flexibility index (Phi) is 4.26. The molecule has 1 aromatic carbocycles. The van der Waals surface area contributed by atoms with Gasteiger partial charge in [0.25, 0.3) is 0 Å². The van der Waals surface area contributed by atoms with Crippen LogP contribution in [0, 0.1) is 33.1 Å². The van der Waals surface area contributed by atoms with E-state index >= 15 is 0 Å². The quantitative estimate of drug-likeness (QED) is 0.475. The molecule has 19 heavy (non-hydrogen) atoms. The summed E-state index contributed by atoms with van der Waals surface area (Å²) in [5.41, 5.74) is 1.98. The molecule has 0 amide bonds. The van der Waals surface area contributed by atoms with Crippen molar-refractivity contribution >= 4 is 5.97 Å². The van der Waals surface area contributed by atoms with Crippen LogP contribution in [0.1, 0.15) is 37.5 Å². The summed E-state index contributed by atoms with van der Waals surface area (Å²) in [6.07, 6.45) is 5.43. The molecule has 0 saturated heterocycles. The van der Waals surface area contributed by atoms with Crippen molar-refractivity contribution < 1.29 is 14.3 Å². The minimum atomic E-state index is -0.674. The molecule has 0 aliphatic rings. The van der Waals surface area contributed by atoms with E-state index in [1.165, 1.54) is 6.92 Å². The average Bonchev–Trinajstić information content (AvgIpc) is 2.31. The Bertz CT molecular complexity index is 548. The number of hydrogen-bond acceptors (Lipinski definition) is 3. The van der Waals surface area contributed by atoms with Crippen LogP contribution in [-0.2, 0) is 4.79 Å². The topological polar surface area (TPSA) is 35.5 Å². The molecule has 0 aromatic heterocycles. The van der Waals surface area contributed by atoms with Crippen molar-refractivity contribution in [2.75, 3.05) is 0 Å². The third-order valence-corrected chi connectivity index (χ3v) is 2.94. The lowest BCUT2D eigenvalue weighted by Crippen LogP contribution is -2.26. The molecule has 102 valence electrons. The Morgan fingerprint density at radius 1 is 1.26 bits per heavy atom. The molecule has 3 nitrogen and oxygen atoms in total. The maximum absolute atomic E-state index is 11.1. The molecular formula is C16H20O3. The van der Waals surface area contributed by atoms with Gasteiger partial charge in [0.1, 0.15) is 11.5 Å². The van der Waals surface area contributed by atoms with Crippen LogP contribution in [0.2, 0.25) is 0 Å². The zero-order valence-electron chi connectivity index (χ0n) is 12.4. The van der Waals surface area contributed by atoms with E-state index in [-0.39, 0.29) is 5.97 Å². The van der Waals surface area contributed by atoms with Gasteiger partial charge in [0.2, 0.25) is 0 Å². The predicted molar refractivity (Wildman–Crippen MR) is 75.5 cm³/mol. The highest BCUT2D eigenvalue weighted by Crippen LogP contribution is 2.34. The molecule has 0 fully saturated rings. The van der Waals surface area contributed by atoms with Gasteiger partial charge in [-0.2, -0.15) is 0 Å². The van der Waals surface area contributed by atoms with Crippen molar-refractivity contribution in [3.05, 3.63) is 22.8 Å². The summed E-state index contributed by atoms with van der Waals surface area (Å²) in [5, 5.41) is 0. The first-order valence-electron chi connectivity index (χ1n) is 6.14. The van der Waals surface area contributed by atoms with E-state index in [0.29, 0.717) is 11.5 Å². The zero-order valence-corrected chi connectivity index (χ0v) is 12.4. The first kappa shape index (κ1) is 15.1. The Morgan fingerprint density at radius 2 is 1.84 bits per heavy atom. The molecule has 0 spiro atoms. The highest BCUT2D eigenvalue weighted by Gasteiger charge is 2.20. The van der Waals surface area contributed by atoms with Crippen LogP contribution >= 0.6 is 0 Å². The van der Waals surface area contributed by atoms with Gasteiger partial charge < -0.3 is 9.47 Å². The van der Waals surface area contributed by atoms with Crippen LogP contribution in [0.25, 0.3) is 0 Å². The van der Waals surface area contributed by atoms with Crippen LogP contribution in [0.5, 0.6) is 11.5 Å². The highest BCUT2D eigenvalue weighted by atomic mass is 16.5. The van der Waals surface area contributed by atoms with Crippen molar-refractivity contribution in [3.63, 3.8) is 0 Å². The molecule has 0 bridgehead atoms. The number of hydrogen-bond donors (Lipinski definition) is 0. The Morgan fingerprint density at radius 3 is 2.32 bits per heavy atom. The van der Waals surface area contributed by atoms with Gasteiger partial charge >= 0.3 is 5.97 Å². The van der Waals surface area contributed by atoms with Gasteiger partial charge in [-0.15, -0.1) is 6.42 Å².